The highest BCUT2D eigenvalue weighted by Crippen LogP contribution is 2.11. The number of rotatable bonds is 2. The molecule has 0 N–H and O–H groups in total. The first-order chi connectivity index (χ1) is 8.16. The first kappa shape index (κ1) is 11.3. The number of hydrogen-bond acceptors (Lipinski definition) is 1. The van der Waals surface area contributed by atoms with Crippen LogP contribution in [0, 0.1) is 17.9 Å². The lowest BCUT2D eigenvalue weighted by atomic mass is 10.1. The zero-order chi connectivity index (χ0) is 12.3. The van der Waals surface area contributed by atoms with Gasteiger partial charge in [0.2, 0.25) is 5.69 Å². The van der Waals surface area contributed by atoms with Crippen LogP contribution in [0.2, 0.25) is 0 Å². The number of para-hydroxylation sites is 1. The van der Waals surface area contributed by atoms with Gasteiger partial charge in [-0.15, -0.1) is 0 Å². The summed E-state index contributed by atoms with van der Waals surface area (Å²) >= 11 is 0. The molecule has 0 atom stereocenters. The van der Waals surface area contributed by atoms with E-state index < -0.39 is 0 Å². The Bertz CT molecular complexity index is 549. The van der Waals surface area contributed by atoms with Crippen LogP contribution < -0.4 is 0 Å². The van der Waals surface area contributed by atoms with E-state index in [4.69, 9.17) is 0 Å². The third-order valence-electron chi connectivity index (χ3n) is 2.42. The minimum atomic E-state index is -0.387. The molecule has 0 aliphatic rings. The highest BCUT2D eigenvalue weighted by molar-refractivity contribution is 5.77. The van der Waals surface area contributed by atoms with Gasteiger partial charge in [-0.1, -0.05) is 24.3 Å². The predicted octanol–water partition coefficient (Wildman–Crippen LogP) is 3.40. The molecule has 2 aromatic rings. The van der Waals surface area contributed by atoms with Gasteiger partial charge >= 0.3 is 0 Å². The third-order valence-corrected chi connectivity index (χ3v) is 2.42. The second-order valence-electron chi connectivity index (χ2n) is 3.82. The Morgan fingerprint density at radius 1 is 1.12 bits per heavy atom. The van der Waals surface area contributed by atoms with Crippen LogP contribution in [0.1, 0.15) is 11.1 Å². The fraction of sp³-hybridized carbons (Fsp3) is 0.0714. The quantitative estimate of drug-likeness (QED) is 0.335. The van der Waals surface area contributed by atoms with Crippen LogP contribution in [0.4, 0.5) is 10.1 Å². The zero-order valence-corrected chi connectivity index (χ0v) is 9.43. The lowest BCUT2D eigenvalue weighted by Gasteiger charge is -2.03. The van der Waals surface area contributed by atoms with Crippen molar-refractivity contribution in [1.82, 2.24) is 0 Å². The summed E-state index contributed by atoms with van der Waals surface area (Å²) in [6, 6.07) is 13.5. The molecule has 0 amide bonds. The standard InChI is InChI=1S/C14H12FNO/c1-11-7-8-12(14(15)9-11)10-16(17)13-5-3-2-4-6-13/h2-10H,1H3. The average Bonchev–Trinajstić information content (AvgIpc) is 2.34. The molecule has 0 spiro atoms. The Hall–Kier alpha value is -2.16. The SMILES string of the molecule is Cc1ccc(C=[N+]([O-])c2ccccc2)c(F)c1. The lowest BCUT2D eigenvalue weighted by Crippen LogP contribution is -2.00. The van der Waals surface area contributed by atoms with Gasteiger partial charge in [0, 0.05) is 12.1 Å². The van der Waals surface area contributed by atoms with Crippen LogP contribution in [-0.2, 0) is 0 Å². The van der Waals surface area contributed by atoms with E-state index in [1.54, 1.807) is 43.3 Å². The van der Waals surface area contributed by atoms with Gasteiger partial charge in [-0.05, 0) is 24.6 Å². The number of halogens is 1. The van der Waals surface area contributed by atoms with Gasteiger partial charge in [0.05, 0.1) is 5.56 Å². The van der Waals surface area contributed by atoms with E-state index in [2.05, 4.69) is 0 Å². The maximum Gasteiger partial charge on any atom is 0.216 e. The summed E-state index contributed by atoms with van der Waals surface area (Å²) in [6.07, 6.45) is 1.24. The Labute approximate surface area is 99.2 Å². The first-order valence-electron chi connectivity index (χ1n) is 5.29. The van der Waals surface area contributed by atoms with Crippen molar-refractivity contribution in [3.63, 3.8) is 0 Å². The van der Waals surface area contributed by atoms with Gasteiger partial charge in [0.1, 0.15) is 5.82 Å². The van der Waals surface area contributed by atoms with Crippen molar-refractivity contribution < 1.29 is 9.13 Å². The van der Waals surface area contributed by atoms with E-state index in [-0.39, 0.29) is 11.4 Å². The van der Waals surface area contributed by atoms with Crippen molar-refractivity contribution >= 4 is 11.9 Å². The van der Waals surface area contributed by atoms with E-state index in [1.807, 2.05) is 6.07 Å². The third kappa shape index (κ3) is 2.69. The number of aryl methyl sites for hydroxylation is 1. The normalized spacial score (nSPS) is 11.5. The summed E-state index contributed by atoms with van der Waals surface area (Å²) < 4.78 is 14.2. The molecule has 0 aliphatic carbocycles. The molecule has 2 nitrogen and oxygen atoms in total. The monoisotopic (exact) mass is 229 g/mol. The average molecular weight is 229 g/mol. The van der Waals surface area contributed by atoms with Crippen molar-refractivity contribution in [2.75, 3.05) is 0 Å². The molecule has 2 aromatic carbocycles. The van der Waals surface area contributed by atoms with E-state index in [0.29, 0.717) is 10.4 Å². The first-order valence-corrected chi connectivity index (χ1v) is 5.29. The molecular formula is C14H12FNO. The van der Waals surface area contributed by atoms with Crippen molar-refractivity contribution in [2.24, 2.45) is 0 Å². The summed E-state index contributed by atoms with van der Waals surface area (Å²) in [4.78, 5) is 0. The molecule has 17 heavy (non-hydrogen) atoms. The number of benzene rings is 2. The molecule has 86 valence electrons. The minimum Gasteiger partial charge on any atom is -0.618 e. The van der Waals surface area contributed by atoms with Crippen molar-refractivity contribution in [3.05, 3.63) is 70.7 Å². The van der Waals surface area contributed by atoms with Gasteiger partial charge < -0.3 is 5.21 Å². The second kappa shape index (κ2) is 4.78. The molecular weight excluding hydrogens is 217 g/mol. The molecule has 3 heteroatoms. The van der Waals surface area contributed by atoms with Gasteiger partial charge in [-0.25, -0.2) is 4.39 Å². The second-order valence-corrected chi connectivity index (χ2v) is 3.82. The Balaban J connectivity index is 2.36. The largest absolute Gasteiger partial charge is 0.618 e. The van der Waals surface area contributed by atoms with Crippen LogP contribution in [0.25, 0.3) is 0 Å². The molecule has 0 unspecified atom stereocenters. The smallest absolute Gasteiger partial charge is 0.216 e. The molecule has 0 heterocycles. The molecule has 0 aromatic heterocycles. The maximum atomic E-state index is 13.5. The highest BCUT2D eigenvalue weighted by atomic mass is 19.1. The van der Waals surface area contributed by atoms with Gasteiger partial charge in [-0.3, -0.25) is 0 Å². The summed E-state index contributed by atoms with van der Waals surface area (Å²) in [5.74, 6) is -0.387. The topological polar surface area (TPSA) is 26.1 Å². The molecule has 2 rings (SSSR count). The Kier molecular flexibility index (Phi) is 3.19. The van der Waals surface area contributed by atoms with Crippen LogP contribution in [0.15, 0.2) is 48.5 Å². The van der Waals surface area contributed by atoms with E-state index in [0.717, 1.165) is 5.56 Å². The van der Waals surface area contributed by atoms with Crippen LogP contribution in [0.3, 0.4) is 0 Å². The van der Waals surface area contributed by atoms with Crippen LogP contribution in [-0.4, -0.2) is 11.0 Å². The molecule has 0 bridgehead atoms. The van der Waals surface area contributed by atoms with Crippen LogP contribution >= 0.6 is 0 Å². The van der Waals surface area contributed by atoms with Gasteiger partial charge in [0.25, 0.3) is 0 Å². The molecule has 0 fully saturated rings. The van der Waals surface area contributed by atoms with Crippen molar-refractivity contribution in [3.8, 4) is 0 Å². The Morgan fingerprint density at radius 2 is 1.82 bits per heavy atom. The molecule has 0 saturated carbocycles. The maximum absolute atomic E-state index is 13.5. The lowest BCUT2D eigenvalue weighted by molar-refractivity contribution is -0.354. The minimum absolute atomic E-state index is 0.287. The predicted molar refractivity (Wildman–Crippen MR) is 66.0 cm³/mol. The zero-order valence-electron chi connectivity index (χ0n) is 9.43. The van der Waals surface area contributed by atoms with Crippen LogP contribution in [0.5, 0.6) is 0 Å². The summed E-state index contributed by atoms with van der Waals surface area (Å²) in [6.45, 7) is 1.80. The van der Waals surface area contributed by atoms with E-state index >= 15 is 0 Å². The summed E-state index contributed by atoms with van der Waals surface area (Å²) in [7, 11) is 0. The molecule has 0 saturated heterocycles. The fourth-order valence-electron chi connectivity index (χ4n) is 1.51. The summed E-state index contributed by atoms with van der Waals surface area (Å²) in [5.41, 5.74) is 1.60. The number of nitrogens with zero attached hydrogens (tertiary/aromatic N) is 1. The highest BCUT2D eigenvalue weighted by Gasteiger charge is 2.05. The van der Waals surface area contributed by atoms with E-state index in [1.165, 1.54) is 12.3 Å². The molecule has 0 radical (unpaired) electrons. The summed E-state index contributed by atoms with van der Waals surface area (Å²) in [5, 5.41) is 11.7. The van der Waals surface area contributed by atoms with Gasteiger partial charge in [-0.2, -0.15) is 4.74 Å². The van der Waals surface area contributed by atoms with E-state index in [9.17, 15) is 9.60 Å². The van der Waals surface area contributed by atoms with Gasteiger partial charge in [0.15, 0.2) is 6.21 Å². The van der Waals surface area contributed by atoms with Crippen molar-refractivity contribution in [2.45, 2.75) is 6.92 Å². The molecule has 0 aliphatic heterocycles. The van der Waals surface area contributed by atoms with Crippen molar-refractivity contribution in [1.29, 1.82) is 0 Å². The Morgan fingerprint density at radius 3 is 2.47 bits per heavy atom. The number of hydrogen-bond donors (Lipinski definition) is 0. The fourth-order valence-corrected chi connectivity index (χ4v) is 1.51.